The average molecular weight is 433 g/mol. The van der Waals surface area contributed by atoms with Crippen LogP contribution in [-0.4, -0.2) is 48.6 Å². The van der Waals surface area contributed by atoms with Gasteiger partial charge >= 0.3 is 5.97 Å². The third-order valence-corrected chi connectivity index (χ3v) is 5.87. The monoisotopic (exact) mass is 432 g/mol. The number of likely N-dealkylation sites (tertiary alicyclic amines) is 1. The van der Waals surface area contributed by atoms with E-state index in [1.807, 2.05) is 48.5 Å². The number of ether oxygens (including phenoxy) is 2. The molecular formula is C26H28N2O4. The summed E-state index contributed by atoms with van der Waals surface area (Å²) in [6.07, 6.45) is 1.11. The van der Waals surface area contributed by atoms with E-state index in [-0.39, 0.29) is 12.5 Å². The topological polar surface area (TPSA) is 68.7 Å². The molecule has 0 spiro atoms. The number of carbonyl (C=O) groups excluding carboxylic acids is 2. The number of piperidine rings is 1. The first kappa shape index (κ1) is 21.8. The number of esters is 1. The minimum atomic E-state index is -0.523. The van der Waals surface area contributed by atoms with Crippen LogP contribution in [0.25, 0.3) is 22.2 Å². The van der Waals surface area contributed by atoms with Crippen LogP contribution in [0.1, 0.15) is 30.6 Å². The molecule has 0 saturated carbocycles. The molecule has 1 saturated heterocycles. The standard InChI is InChI=1S/C26H28N2O4/c1-17-12-18(2)15-28(14-17)25(29)16-32-26(30)22-13-24(19-8-10-20(31-3)11-9-19)27-23-7-5-4-6-21(22)23/h4-11,13,17-18H,12,14-16H2,1-3H3/t17-,18+. The number of pyridine rings is 1. The predicted molar refractivity (Wildman–Crippen MR) is 124 cm³/mol. The fourth-order valence-corrected chi connectivity index (χ4v) is 4.42. The molecule has 4 rings (SSSR count). The average Bonchev–Trinajstić information content (AvgIpc) is 2.81. The number of carbonyl (C=O) groups is 2. The van der Waals surface area contributed by atoms with Crippen LogP contribution in [-0.2, 0) is 9.53 Å². The van der Waals surface area contributed by atoms with Gasteiger partial charge in [0, 0.05) is 24.0 Å². The quantitative estimate of drug-likeness (QED) is 0.553. The van der Waals surface area contributed by atoms with E-state index in [0.29, 0.717) is 47.1 Å². The van der Waals surface area contributed by atoms with Crippen molar-refractivity contribution < 1.29 is 19.1 Å². The molecule has 2 aromatic carbocycles. The van der Waals surface area contributed by atoms with Gasteiger partial charge in [0.2, 0.25) is 0 Å². The molecule has 1 aromatic heterocycles. The van der Waals surface area contributed by atoms with Gasteiger partial charge in [-0.1, -0.05) is 32.0 Å². The highest BCUT2D eigenvalue weighted by Gasteiger charge is 2.26. The number of para-hydroxylation sites is 1. The maximum Gasteiger partial charge on any atom is 0.339 e. The number of nitrogens with zero attached hydrogens (tertiary/aromatic N) is 2. The van der Waals surface area contributed by atoms with Crippen molar-refractivity contribution in [2.24, 2.45) is 11.8 Å². The van der Waals surface area contributed by atoms with Gasteiger partial charge in [-0.15, -0.1) is 0 Å². The molecule has 0 aliphatic carbocycles. The number of methoxy groups -OCH3 is 1. The van der Waals surface area contributed by atoms with Crippen molar-refractivity contribution in [3.8, 4) is 17.0 Å². The van der Waals surface area contributed by atoms with Gasteiger partial charge in [0.25, 0.3) is 5.91 Å². The summed E-state index contributed by atoms with van der Waals surface area (Å²) in [6.45, 7) is 5.45. The Morgan fingerprint density at radius 2 is 1.72 bits per heavy atom. The number of fused-ring (bicyclic) bond motifs is 1. The lowest BCUT2D eigenvalue weighted by Gasteiger charge is -2.34. The Kier molecular flexibility index (Phi) is 6.40. The van der Waals surface area contributed by atoms with Gasteiger partial charge in [-0.05, 0) is 54.7 Å². The van der Waals surface area contributed by atoms with Crippen molar-refractivity contribution in [2.45, 2.75) is 20.3 Å². The number of rotatable bonds is 5. The highest BCUT2D eigenvalue weighted by atomic mass is 16.5. The molecule has 0 unspecified atom stereocenters. The van der Waals surface area contributed by atoms with Gasteiger partial charge in [0.15, 0.2) is 6.61 Å². The molecule has 166 valence electrons. The van der Waals surface area contributed by atoms with E-state index in [1.54, 1.807) is 18.1 Å². The third-order valence-electron chi connectivity index (χ3n) is 5.87. The molecule has 1 fully saturated rings. The van der Waals surface area contributed by atoms with Crippen molar-refractivity contribution in [1.29, 1.82) is 0 Å². The maximum atomic E-state index is 13.0. The van der Waals surface area contributed by atoms with Crippen molar-refractivity contribution in [2.75, 3.05) is 26.8 Å². The lowest BCUT2D eigenvalue weighted by molar-refractivity contribution is -0.137. The smallest absolute Gasteiger partial charge is 0.339 e. The molecule has 2 atom stereocenters. The molecule has 32 heavy (non-hydrogen) atoms. The molecule has 1 aliphatic rings. The Morgan fingerprint density at radius 1 is 1.03 bits per heavy atom. The number of benzene rings is 2. The van der Waals surface area contributed by atoms with E-state index in [9.17, 15) is 9.59 Å². The molecule has 6 nitrogen and oxygen atoms in total. The first-order valence-electron chi connectivity index (χ1n) is 10.9. The summed E-state index contributed by atoms with van der Waals surface area (Å²) in [5, 5.41) is 0.697. The Hall–Kier alpha value is -3.41. The minimum absolute atomic E-state index is 0.148. The zero-order chi connectivity index (χ0) is 22.7. The molecule has 6 heteroatoms. The van der Waals surface area contributed by atoms with E-state index < -0.39 is 5.97 Å². The number of amides is 1. The van der Waals surface area contributed by atoms with Crippen molar-refractivity contribution in [3.05, 3.63) is 60.2 Å². The Bertz CT molecular complexity index is 1120. The molecule has 2 heterocycles. The van der Waals surface area contributed by atoms with Gasteiger partial charge < -0.3 is 14.4 Å². The van der Waals surface area contributed by atoms with Crippen LogP contribution in [0.15, 0.2) is 54.6 Å². The van der Waals surface area contributed by atoms with Gasteiger partial charge in [0.1, 0.15) is 5.75 Å². The maximum absolute atomic E-state index is 13.0. The summed E-state index contributed by atoms with van der Waals surface area (Å²) < 4.78 is 10.7. The molecule has 1 amide bonds. The summed E-state index contributed by atoms with van der Waals surface area (Å²) in [6, 6.07) is 16.7. The van der Waals surface area contributed by atoms with Crippen molar-refractivity contribution in [3.63, 3.8) is 0 Å². The van der Waals surface area contributed by atoms with Crippen LogP contribution in [0.5, 0.6) is 5.75 Å². The first-order chi connectivity index (χ1) is 15.4. The van der Waals surface area contributed by atoms with Crippen LogP contribution < -0.4 is 4.74 Å². The Balaban J connectivity index is 1.57. The summed E-state index contributed by atoms with van der Waals surface area (Å²) in [5.74, 6) is 0.980. The molecule has 3 aromatic rings. The van der Waals surface area contributed by atoms with Gasteiger partial charge in [0.05, 0.1) is 23.9 Å². The van der Waals surface area contributed by atoms with Crippen LogP contribution in [0.4, 0.5) is 0 Å². The van der Waals surface area contributed by atoms with Gasteiger partial charge in [-0.3, -0.25) is 4.79 Å². The molecule has 0 N–H and O–H groups in total. The summed E-state index contributed by atoms with van der Waals surface area (Å²) in [7, 11) is 1.61. The number of hydrogen-bond donors (Lipinski definition) is 0. The van der Waals surface area contributed by atoms with E-state index in [0.717, 1.165) is 17.7 Å². The van der Waals surface area contributed by atoms with E-state index in [2.05, 4.69) is 13.8 Å². The predicted octanol–water partition coefficient (Wildman–Crippen LogP) is 4.57. The molecule has 1 aliphatic heterocycles. The summed E-state index contributed by atoms with van der Waals surface area (Å²) in [5.41, 5.74) is 2.61. The fourth-order valence-electron chi connectivity index (χ4n) is 4.42. The van der Waals surface area contributed by atoms with Crippen LogP contribution >= 0.6 is 0 Å². The Labute approximate surface area is 188 Å². The molecular weight excluding hydrogens is 404 g/mol. The van der Waals surface area contributed by atoms with Gasteiger partial charge in [-0.25, -0.2) is 9.78 Å². The van der Waals surface area contributed by atoms with Crippen LogP contribution in [0.2, 0.25) is 0 Å². The van der Waals surface area contributed by atoms with E-state index in [4.69, 9.17) is 14.5 Å². The second-order valence-corrected chi connectivity index (χ2v) is 8.62. The minimum Gasteiger partial charge on any atom is -0.497 e. The second-order valence-electron chi connectivity index (χ2n) is 8.62. The highest BCUT2D eigenvalue weighted by Crippen LogP contribution is 2.27. The normalized spacial score (nSPS) is 18.4. The fraction of sp³-hybridized carbons (Fsp3) is 0.346. The van der Waals surface area contributed by atoms with Crippen LogP contribution in [0.3, 0.4) is 0 Å². The third kappa shape index (κ3) is 4.74. The van der Waals surface area contributed by atoms with Crippen LogP contribution in [0, 0.1) is 11.8 Å². The number of hydrogen-bond acceptors (Lipinski definition) is 5. The first-order valence-corrected chi connectivity index (χ1v) is 10.9. The zero-order valence-corrected chi connectivity index (χ0v) is 18.7. The van der Waals surface area contributed by atoms with Gasteiger partial charge in [-0.2, -0.15) is 0 Å². The zero-order valence-electron chi connectivity index (χ0n) is 18.7. The summed E-state index contributed by atoms with van der Waals surface area (Å²) in [4.78, 5) is 32.2. The SMILES string of the molecule is COc1ccc(-c2cc(C(=O)OCC(=O)N3C[C@H](C)C[C@H](C)C3)c3ccccc3n2)cc1. The van der Waals surface area contributed by atoms with Crippen molar-refractivity contribution >= 4 is 22.8 Å². The largest absolute Gasteiger partial charge is 0.497 e. The lowest BCUT2D eigenvalue weighted by Crippen LogP contribution is -2.44. The molecule has 0 radical (unpaired) electrons. The highest BCUT2D eigenvalue weighted by molar-refractivity contribution is 6.05. The second kappa shape index (κ2) is 9.39. The number of aromatic nitrogens is 1. The molecule has 0 bridgehead atoms. The van der Waals surface area contributed by atoms with E-state index in [1.165, 1.54) is 0 Å². The lowest BCUT2D eigenvalue weighted by atomic mass is 9.92. The van der Waals surface area contributed by atoms with E-state index >= 15 is 0 Å². The van der Waals surface area contributed by atoms with Crippen molar-refractivity contribution in [1.82, 2.24) is 9.88 Å². The summed E-state index contributed by atoms with van der Waals surface area (Å²) >= 11 is 0. The Morgan fingerprint density at radius 3 is 2.41 bits per heavy atom.